The van der Waals surface area contributed by atoms with Crippen molar-refractivity contribution in [2.45, 2.75) is 33.1 Å². The Morgan fingerprint density at radius 3 is 2.94 bits per heavy atom. The first-order valence-electron chi connectivity index (χ1n) is 6.46. The Hall–Kier alpha value is -1.77. The third kappa shape index (κ3) is 2.40. The van der Waals surface area contributed by atoms with E-state index in [4.69, 9.17) is 0 Å². The van der Waals surface area contributed by atoms with Gasteiger partial charge in [0.25, 0.3) is 0 Å². The lowest BCUT2D eigenvalue weighted by atomic mass is 9.95. The number of hydrogen-bond donors (Lipinski definition) is 2. The number of rotatable bonds is 4. The molecule has 1 aromatic carbocycles. The molecule has 1 aromatic heterocycles. The average Bonchev–Trinajstić information content (AvgIpc) is 2.74. The molecule has 0 aliphatic carbocycles. The summed E-state index contributed by atoms with van der Waals surface area (Å²) in [5.41, 5.74) is 3.63. The fraction of sp³-hybridized carbons (Fsp3) is 0.400. The molecular weight excluding hydrogens is 224 g/mol. The van der Waals surface area contributed by atoms with Crippen LogP contribution < -0.4 is 5.32 Å². The summed E-state index contributed by atoms with van der Waals surface area (Å²) < 4.78 is 0. The molecule has 2 aromatic rings. The molecule has 1 amide bonds. The van der Waals surface area contributed by atoms with E-state index in [0.29, 0.717) is 13.0 Å². The van der Waals surface area contributed by atoms with E-state index in [9.17, 15) is 4.79 Å². The van der Waals surface area contributed by atoms with Crippen LogP contribution in [0.5, 0.6) is 0 Å². The van der Waals surface area contributed by atoms with Gasteiger partial charge in [0.15, 0.2) is 0 Å². The van der Waals surface area contributed by atoms with E-state index in [1.165, 1.54) is 16.5 Å². The molecule has 3 nitrogen and oxygen atoms in total. The monoisotopic (exact) mass is 244 g/mol. The molecule has 0 spiro atoms. The standard InChI is InChI=1S/C15H20N2O/c1-4-16-14(18)8-11(3)12-9-17-13-7-5-6-10(2)15(12)13/h5-7,9,11,17H,4,8H2,1-3H3,(H,16,18). The van der Waals surface area contributed by atoms with Gasteiger partial charge in [-0.3, -0.25) is 4.79 Å². The number of hydrogen-bond acceptors (Lipinski definition) is 1. The second-order valence-corrected chi connectivity index (χ2v) is 4.80. The predicted octanol–water partition coefficient (Wildman–Crippen LogP) is 3.11. The normalized spacial score (nSPS) is 12.6. The van der Waals surface area contributed by atoms with Crippen LogP contribution in [0.15, 0.2) is 24.4 Å². The molecule has 0 radical (unpaired) electrons. The third-order valence-corrected chi connectivity index (χ3v) is 3.34. The summed E-state index contributed by atoms with van der Waals surface area (Å²) in [6, 6.07) is 6.23. The van der Waals surface area contributed by atoms with Gasteiger partial charge in [0.2, 0.25) is 5.91 Å². The minimum Gasteiger partial charge on any atom is -0.361 e. The van der Waals surface area contributed by atoms with Crippen molar-refractivity contribution in [3.63, 3.8) is 0 Å². The number of amides is 1. The van der Waals surface area contributed by atoms with Gasteiger partial charge in [-0.05, 0) is 37.0 Å². The summed E-state index contributed by atoms with van der Waals surface area (Å²) in [5.74, 6) is 0.347. The maximum atomic E-state index is 11.6. The first kappa shape index (κ1) is 12.7. The number of benzene rings is 1. The van der Waals surface area contributed by atoms with Gasteiger partial charge in [0.1, 0.15) is 0 Å². The number of nitrogens with one attached hydrogen (secondary N) is 2. The molecule has 0 saturated heterocycles. The number of carbonyl (C=O) groups excluding carboxylic acids is 1. The maximum Gasteiger partial charge on any atom is 0.220 e. The van der Waals surface area contributed by atoms with Crippen LogP contribution in [0, 0.1) is 6.92 Å². The zero-order valence-corrected chi connectivity index (χ0v) is 11.2. The summed E-state index contributed by atoms with van der Waals surface area (Å²) in [7, 11) is 0. The number of aromatic amines is 1. The lowest BCUT2D eigenvalue weighted by molar-refractivity contribution is -0.121. The Morgan fingerprint density at radius 2 is 2.22 bits per heavy atom. The van der Waals surface area contributed by atoms with E-state index in [-0.39, 0.29) is 11.8 Å². The highest BCUT2D eigenvalue weighted by atomic mass is 16.1. The van der Waals surface area contributed by atoms with Crippen LogP contribution in [0.25, 0.3) is 10.9 Å². The van der Waals surface area contributed by atoms with Gasteiger partial charge in [0, 0.05) is 30.1 Å². The molecule has 0 aliphatic rings. The number of carbonyl (C=O) groups is 1. The average molecular weight is 244 g/mol. The molecule has 1 heterocycles. The molecule has 0 bridgehead atoms. The number of aryl methyl sites for hydroxylation is 1. The van der Waals surface area contributed by atoms with Crippen LogP contribution >= 0.6 is 0 Å². The van der Waals surface area contributed by atoms with E-state index in [0.717, 1.165) is 5.52 Å². The van der Waals surface area contributed by atoms with Crippen molar-refractivity contribution in [1.29, 1.82) is 0 Å². The minimum absolute atomic E-state index is 0.118. The Morgan fingerprint density at radius 1 is 1.44 bits per heavy atom. The predicted molar refractivity (Wildman–Crippen MR) is 74.8 cm³/mol. The largest absolute Gasteiger partial charge is 0.361 e. The van der Waals surface area contributed by atoms with E-state index in [1.807, 2.05) is 19.2 Å². The van der Waals surface area contributed by atoms with Crippen molar-refractivity contribution in [2.24, 2.45) is 0 Å². The topological polar surface area (TPSA) is 44.9 Å². The van der Waals surface area contributed by atoms with Crippen molar-refractivity contribution in [1.82, 2.24) is 10.3 Å². The summed E-state index contributed by atoms with van der Waals surface area (Å²) >= 11 is 0. The van der Waals surface area contributed by atoms with Gasteiger partial charge >= 0.3 is 0 Å². The number of H-pyrrole nitrogens is 1. The zero-order chi connectivity index (χ0) is 13.1. The number of aromatic nitrogens is 1. The Bertz CT molecular complexity index is 557. The van der Waals surface area contributed by atoms with Crippen LogP contribution in [-0.4, -0.2) is 17.4 Å². The quantitative estimate of drug-likeness (QED) is 0.852. The fourth-order valence-electron chi connectivity index (χ4n) is 2.44. The third-order valence-electron chi connectivity index (χ3n) is 3.34. The fourth-order valence-corrected chi connectivity index (χ4v) is 2.44. The van der Waals surface area contributed by atoms with Crippen molar-refractivity contribution >= 4 is 16.8 Å². The molecule has 3 heteroatoms. The highest BCUT2D eigenvalue weighted by Crippen LogP contribution is 2.29. The van der Waals surface area contributed by atoms with Crippen molar-refractivity contribution in [3.8, 4) is 0 Å². The number of fused-ring (bicyclic) bond motifs is 1. The van der Waals surface area contributed by atoms with Crippen LogP contribution in [0.2, 0.25) is 0 Å². The summed E-state index contributed by atoms with van der Waals surface area (Å²) in [6.07, 6.45) is 2.57. The second-order valence-electron chi connectivity index (χ2n) is 4.80. The maximum absolute atomic E-state index is 11.6. The summed E-state index contributed by atoms with van der Waals surface area (Å²) in [6.45, 7) is 6.85. The van der Waals surface area contributed by atoms with Crippen LogP contribution in [0.4, 0.5) is 0 Å². The van der Waals surface area contributed by atoms with Crippen molar-refractivity contribution in [2.75, 3.05) is 6.54 Å². The van der Waals surface area contributed by atoms with Gasteiger partial charge in [0.05, 0.1) is 0 Å². The highest BCUT2D eigenvalue weighted by molar-refractivity contribution is 5.87. The molecule has 96 valence electrons. The highest BCUT2D eigenvalue weighted by Gasteiger charge is 2.15. The lowest BCUT2D eigenvalue weighted by Crippen LogP contribution is -2.23. The Labute approximate surface area is 108 Å². The molecule has 1 atom stereocenters. The lowest BCUT2D eigenvalue weighted by Gasteiger charge is -2.11. The molecule has 2 rings (SSSR count). The van der Waals surface area contributed by atoms with Gasteiger partial charge in [-0.25, -0.2) is 0 Å². The molecule has 0 aliphatic heterocycles. The zero-order valence-electron chi connectivity index (χ0n) is 11.2. The van der Waals surface area contributed by atoms with E-state index in [1.54, 1.807) is 0 Å². The van der Waals surface area contributed by atoms with Crippen LogP contribution in [0.3, 0.4) is 0 Å². The first-order chi connectivity index (χ1) is 8.63. The van der Waals surface area contributed by atoms with E-state index < -0.39 is 0 Å². The van der Waals surface area contributed by atoms with Crippen molar-refractivity contribution in [3.05, 3.63) is 35.5 Å². The molecule has 18 heavy (non-hydrogen) atoms. The van der Waals surface area contributed by atoms with Crippen molar-refractivity contribution < 1.29 is 4.79 Å². The Kier molecular flexibility index (Phi) is 3.70. The SMILES string of the molecule is CCNC(=O)CC(C)c1c[nH]c2cccc(C)c12. The Balaban J connectivity index is 2.28. The molecule has 1 unspecified atom stereocenters. The van der Waals surface area contributed by atoms with Crippen LogP contribution in [0.1, 0.15) is 37.3 Å². The van der Waals surface area contributed by atoms with Crippen LogP contribution in [-0.2, 0) is 4.79 Å². The van der Waals surface area contributed by atoms with Gasteiger partial charge in [-0.1, -0.05) is 19.1 Å². The van der Waals surface area contributed by atoms with Gasteiger partial charge < -0.3 is 10.3 Å². The smallest absolute Gasteiger partial charge is 0.220 e. The molecule has 0 fully saturated rings. The minimum atomic E-state index is 0.118. The summed E-state index contributed by atoms with van der Waals surface area (Å²) in [5, 5.41) is 4.11. The second kappa shape index (κ2) is 5.25. The first-order valence-corrected chi connectivity index (χ1v) is 6.46. The van der Waals surface area contributed by atoms with E-state index in [2.05, 4.69) is 36.3 Å². The van der Waals surface area contributed by atoms with Gasteiger partial charge in [-0.15, -0.1) is 0 Å². The van der Waals surface area contributed by atoms with Gasteiger partial charge in [-0.2, -0.15) is 0 Å². The molecule has 0 saturated carbocycles. The molecule has 2 N–H and O–H groups in total. The molecular formula is C15H20N2O. The van der Waals surface area contributed by atoms with E-state index >= 15 is 0 Å². The summed E-state index contributed by atoms with van der Waals surface area (Å²) in [4.78, 5) is 14.9.